The number of aliphatic hydroxyl groups is 3. The normalized spacial score (nSPS) is 40.4. The number of fused-ring (bicyclic) bond motifs is 1. The average Bonchev–Trinajstić information content (AvgIpc) is 2.88. The van der Waals surface area contributed by atoms with Crippen LogP contribution >= 0.6 is 0 Å². The molecule has 2 saturated heterocycles. The van der Waals surface area contributed by atoms with E-state index < -0.39 is 41.9 Å². The lowest BCUT2D eigenvalue weighted by molar-refractivity contribution is -0.115. The number of aliphatic hydroxyl groups excluding tert-OH is 2. The smallest absolute Gasteiger partial charge is 0.345 e. The predicted molar refractivity (Wildman–Crippen MR) is 66.0 cm³/mol. The summed E-state index contributed by atoms with van der Waals surface area (Å²) in [6.45, 7) is -0.362. The van der Waals surface area contributed by atoms with Crippen LogP contribution in [0.15, 0.2) is 9.98 Å². The molecule has 4 atom stereocenters. The first-order valence-corrected chi connectivity index (χ1v) is 6.16. The highest BCUT2D eigenvalue weighted by Crippen LogP contribution is 2.21. The van der Waals surface area contributed by atoms with Crippen molar-refractivity contribution < 1.29 is 29.6 Å². The van der Waals surface area contributed by atoms with Crippen LogP contribution in [-0.4, -0.2) is 69.8 Å². The molecule has 0 aromatic rings. The van der Waals surface area contributed by atoms with Crippen molar-refractivity contribution in [2.75, 3.05) is 6.61 Å². The van der Waals surface area contributed by atoms with E-state index in [1.54, 1.807) is 0 Å². The second-order valence-electron chi connectivity index (χ2n) is 4.77. The largest absolute Gasteiger partial charge is 0.394 e. The van der Waals surface area contributed by atoms with Gasteiger partial charge in [-0.3, -0.25) is 15.4 Å². The van der Waals surface area contributed by atoms with Crippen LogP contribution in [0.4, 0.5) is 4.79 Å². The standard InChI is InChI=1S/C10H13N5O6/c16-2-4-3(17)1-5(21-4)11-8-13-7(18)6-10(20,14-8)15-9(19)12-6/h3-5,16-17,20H,1-2H2,(H,15,19)(H2,11,13,14,18)/t3-,4+,5?,10?/m0/s1. The Hall–Kier alpha value is -2.08. The van der Waals surface area contributed by atoms with E-state index in [1.165, 1.54) is 0 Å². The number of urea groups is 1. The minimum absolute atomic E-state index is 0.123. The highest BCUT2D eigenvalue weighted by Gasteiger charge is 2.49. The molecule has 3 amide bonds. The van der Waals surface area contributed by atoms with Gasteiger partial charge in [-0.05, 0) is 0 Å². The lowest BCUT2D eigenvalue weighted by Crippen LogP contribution is -2.71. The molecule has 0 aromatic carbocycles. The Morgan fingerprint density at radius 2 is 2.19 bits per heavy atom. The van der Waals surface area contributed by atoms with Crippen LogP contribution in [0.3, 0.4) is 0 Å². The number of hydrogen-bond donors (Lipinski definition) is 6. The van der Waals surface area contributed by atoms with Crippen LogP contribution in [0.1, 0.15) is 6.42 Å². The fourth-order valence-electron chi connectivity index (χ4n) is 2.26. The van der Waals surface area contributed by atoms with Gasteiger partial charge in [-0.25, -0.2) is 9.79 Å². The summed E-state index contributed by atoms with van der Waals surface area (Å²) in [5, 5.41) is 35.5. The fraction of sp³-hybridized carbons (Fsp3) is 0.600. The van der Waals surface area contributed by atoms with Crippen molar-refractivity contribution in [3.8, 4) is 0 Å². The van der Waals surface area contributed by atoms with Gasteiger partial charge in [0.25, 0.3) is 11.8 Å². The van der Waals surface area contributed by atoms with E-state index in [4.69, 9.17) is 9.84 Å². The molecule has 0 bridgehead atoms. The Kier molecular flexibility index (Phi) is 3.13. The predicted octanol–water partition coefficient (Wildman–Crippen LogP) is -3.66. The topological polar surface area (TPSA) is 165 Å². The second-order valence-corrected chi connectivity index (χ2v) is 4.77. The molecule has 2 fully saturated rings. The Morgan fingerprint density at radius 1 is 1.43 bits per heavy atom. The van der Waals surface area contributed by atoms with Crippen LogP contribution in [0, 0.1) is 0 Å². The van der Waals surface area contributed by atoms with Gasteiger partial charge in [0.1, 0.15) is 6.10 Å². The van der Waals surface area contributed by atoms with Gasteiger partial charge in [0.15, 0.2) is 11.9 Å². The highest BCUT2D eigenvalue weighted by molar-refractivity contribution is 6.48. The lowest BCUT2D eigenvalue weighted by atomic mass is 10.2. The Bertz CT molecular complexity index is 562. The van der Waals surface area contributed by atoms with Gasteiger partial charge < -0.3 is 25.4 Å². The van der Waals surface area contributed by atoms with Gasteiger partial charge in [0.2, 0.25) is 5.96 Å². The summed E-state index contributed by atoms with van der Waals surface area (Å²) in [6.07, 6.45) is -2.32. The number of aliphatic imine (C=N–C) groups is 2. The first kappa shape index (κ1) is 13.9. The van der Waals surface area contributed by atoms with E-state index in [9.17, 15) is 19.8 Å². The summed E-state index contributed by atoms with van der Waals surface area (Å²) in [5.41, 5.74) is -0.410. The third-order valence-corrected chi connectivity index (χ3v) is 3.25. The quantitative estimate of drug-likeness (QED) is 0.306. The molecular weight excluding hydrogens is 286 g/mol. The maximum atomic E-state index is 11.8. The second kappa shape index (κ2) is 4.73. The first-order valence-electron chi connectivity index (χ1n) is 6.16. The Labute approximate surface area is 117 Å². The number of nitrogens with one attached hydrogen (secondary N) is 3. The van der Waals surface area contributed by atoms with Crippen molar-refractivity contribution in [1.29, 1.82) is 0 Å². The first-order chi connectivity index (χ1) is 9.91. The summed E-state index contributed by atoms with van der Waals surface area (Å²) in [4.78, 5) is 30.2. The van der Waals surface area contributed by atoms with Crippen LogP contribution in [0.25, 0.3) is 0 Å². The van der Waals surface area contributed by atoms with Gasteiger partial charge in [-0.15, -0.1) is 0 Å². The molecule has 0 aliphatic carbocycles. The zero-order valence-electron chi connectivity index (χ0n) is 10.6. The summed E-state index contributed by atoms with van der Waals surface area (Å²) in [6, 6.07) is -0.857. The monoisotopic (exact) mass is 299 g/mol. The van der Waals surface area contributed by atoms with Crippen molar-refractivity contribution in [3.63, 3.8) is 0 Å². The molecule has 3 aliphatic rings. The van der Waals surface area contributed by atoms with Crippen molar-refractivity contribution in [2.45, 2.75) is 30.7 Å². The number of nitrogens with zero attached hydrogens (tertiary/aromatic N) is 2. The van der Waals surface area contributed by atoms with Crippen LogP contribution in [0.2, 0.25) is 0 Å². The number of rotatable bonds is 2. The van der Waals surface area contributed by atoms with E-state index in [0.717, 1.165) is 0 Å². The molecular formula is C10H13N5O6. The average molecular weight is 299 g/mol. The van der Waals surface area contributed by atoms with E-state index in [0.29, 0.717) is 0 Å². The van der Waals surface area contributed by atoms with E-state index in [-0.39, 0.29) is 19.0 Å². The molecule has 0 aromatic heterocycles. The molecule has 2 unspecified atom stereocenters. The van der Waals surface area contributed by atoms with Gasteiger partial charge in [-0.2, -0.15) is 4.99 Å². The minimum atomic E-state index is -2.12. The molecule has 3 rings (SSSR count). The maximum absolute atomic E-state index is 11.8. The zero-order chi connectivity index (χ0) is 15.2. The van der Waals surface area contributed by atoms with Gasteiger partial charge in [0.05, 0.1) is 12.7 Å². The van der Waals surface area contributed by atoms with E-state index >= 15 is 0 Å². The number of hydrogen-bond acceptors (Lipinski definition) is 7. The van der Waals surface area contributed by atoms with Crippen molar-refractivity contribution >= 4 is 23.6 Å². The SMILES string of the molecule is O=C1N=C2C(=O)N/C(=N\C3C[C@H](O)[C@@H](CO)O3)NC2(O)N1. The molecule has 6 N–H and O–H groups in total. The molecule has 3 aliphatic heterocycles. The lowest BCUT2D eigenvalue weighted by Gasteiger charge is -2.31. The van der Waals surface area contributed by atoms with E-state index in [2.05, 4.69) is 25.9 Å². The van der Waals surface area contributed by atoms with Gasteiger partial charge in [-0.1, -0.05) is 0 Å². The molecule has 0 spiro atoms. The molecule has 11 heteroatoms. The third kappa shape index (κ3) is 2.35. The molecule has 0 radical (unpaired) electrons. The van der Waals surface area contributed by atoms with Crippen LogP contribution in [-0.2, 0) is 9.53 Å². The maximum Gasteiger partial charge on any atom is 0.345 e. The molecule has 0 saturated carbocycles. The Balaban J connectivity index is 1.77. The van der Waals surface area contributed by atoms with Gasteiger partial charge >= 0.3 is 6.03 Å². The third-order valence-electron chi connectivity index (χ3n) is 3.25. The number of amides is 3. The molecule has 3 heterocycles. The summed E-state index contributed by atoms with van der Waals surface area (Å²) in [5.74, 6) is -3.05. The zero-order valence-corrected chi connectivity index (χ0v) is 10.6. The minimum Gasteiger partial charge on any atom is -0.394 e. The Morgan fingerprint density at radius 3 is 2.86 bits per heavy atom. The number of carbonyl (C=O) groups is 2. The van der Waals surface area contributed by atoms with E-state index in [1.807, 2.05) is 0 Å². The van der Waals surface area contributed by atoms with Gasteiger partial charge in [0, 0.05) is 6.42 Å². The molecule has 114 valence electrons. The summed E-state index contributed by atoms with van der Waals surface area (Å²) in [7, 11) is 0. The fourth-order valence-corrected chi connectivity index (χ4v) is 2.26. The number of guanidine groups is 1. The van der Waals surface area contributed by atoms with Crippen molar-refractivity contribution in [2.24, 2.45) is 9.98 Å². The van der Waals surface area contributed by atoms with Crippen LogP contribution in [0.5, 0.6) is 0 Å². The van der Waals surface area contributed by atoms with Crippen molar-refractivity contribution in [3.05, 3.63) is 0 Å². The van der Waals surface area contributed by atoms with Crippen LogP contribution < -0.4 is 16.0 Å². The summed E-state index contributed by atoms with van der Waals surface area (Å²) >= 11 is 0. The number of carbonyl (C=O) groups excluding carboxylic acids is 2. The van der Waals surface area contributed by atoms with Crippen molar-refractivity contribution in [1.82, 2.24) is 16.0 Å². The number of ether oxygens (including phenoxy) is 1. The molecule has 11 nitrogen and oxygen atoms in total. The highest BCUT2D eigenvalue weighted by atomic mass is 16.5. The summed E-state index contributed by atoms with van der Waals surface area (Å²) < 4.78 is 5.25. The molecule has 21 heavy (non-hydrogen) atoms.